The normalized spacial score (nSPS) is 20.2. The topological polar surface area (TPSA) is 134 Å². The van der Waals surface area contributed by atoms with Crippen LogP contribution in [0.4, 0.5) is 5.69 Å². The van der Waals surface area contributed by atoms with Crippen molar-refractivity contribution in [2.75, 3.05) is 44.5 Å². The highest BCUT2D eigenvalue weighted by Gasteiger charge is 2.31. The third-order valence-corrected chi connectivity index (χ3v) is 8.24. The molecular formula is C24H35N7O4S. The second-order valence-electron chi connectivity index (χ2n) is 10.2. The number of sulfonamides is 1. The van der Waals surface area contributed by atoms with Crippen molar-refractivity contribution in [3.8, 4) is 0 Å². The zero-order valence-corrected chi connectivity index (χ0v) is 21.9. The van der Waals surface area contributed by atoms with Gasteiger partial charge in [0, 0.05) is 44.6 Å². The van der Waals surface area contributed by atoms with E-state index in [1.165, 1.54) is 23.0 Å². The average Bonchev–Trinajstić information content (AvgIpc) is 2.87. The molecule has 2 aromatic rings. The standard InChI is InChI=1S/C24H35N7O4S/c1-24(2,3)19-11-21(13-22(12-19)36(33,34)30-7-9-35-10-8-30)31(29-6-4-5-20(25)16-29)28-23(32)18-14-26-17-27-15-18/h11-15,17,20H,4-10,16,25H2,1-3H3,(H,28,32)/t20-/m0/s1. The number of rotatable bonds is 6. The fraction of sp³-hybridized carbons (Fsp3) is 0.542. The minimum Gasteiger partial charge on any atom is -0.379 e. The van der Waals surface area contributed by atoms with Crippen LogP contribution in [0, 0.1) is 0 Å². The van der Waals surface area contributed by atoms with E-state index in [2.05, 4.69) is 15.4 Å². The summed E-state index contributed by atoms with van der Waals surface area (Å²) in [7, 11) is -3.77. The van der Waals surface area contributed by atoms with Crippen LogP contribution in [0.15, 0.2) is 41.8 Å². The third kappa shape index (κ3) is 6.01. The van der Waals surface area contributed by atoms with Crippen molar-refractivity contribution < 1.29 is 17.9 Å². The maximum atomic E-state index is 13.6. The molecule has 0 spiro atoms. The molecule has 2 saturated heterocycles. The molecule has 3 N–H and O–H groups in total. The highest BCUT2D eigenvalue weighted by molar-refractivity contribution is 7.89. The lowest BCUT2D eigenvalue weighted by atomic mass is 9.87. The van der Waals surface area contributed by atoms with Gasteiger partial charge < -0.3 is 10.5 Å². The first-order chi connectivity index (χ1) is 17.1. The van der Waals surface area contributed by atoms with Crippen LogP contribution >= 0.6 is 0 Å². The zero-order valence-electron chi connectivity index (χ0n) is 21.1. The number of hydrazine groups is 2. The van der Waals surface area contributed by atoms with E-state index in [-0.39, 0.29) is 21.9 Å². The van der Waals surface area contributed by atoms with Crippen LogP contribution in [0.1, 0.15) is 49.5 Å². The maximum Gasteiger partial charge on any atom is 0.274 e. The Hall–Kier alpha value is -2.64. The molecule has 0 saturated carbocycles. The van der Waals surface area contributed by atoms with Gasteiger partial charge in [0.1, 0.15) is 6.33 Å². The van der Waals surface area contributed by atoms with E-state index in [1.807, 2.05) is 31.8 Å². The second kappa shape index (κ2) is 10.8. The van der Waals surface area contributed by atoms with Crippen LogP contribution in [0.2, 0.25) is 0 Å². The predicted octanol–water partition coefficient (Wildman–Crippen LogP) is 1.28. The lowest BCUT2D eigenvalue weighted by molar-refractivity contribution is 0.0730. The van der Waals surface area contributed by atoms with E-state index >= 15 is 0 Å². The smallest absolute Gasteiger partial charge is 0.274 e. The van der Waals surface area contributed by atoms with Gasteiger partial charge in [-0.1, -0.05) is 20.8 Å². The van der Waals surface area contributed by atoms with Gasteiger partial charge in [-0.25, -0.2) is 33.9 Å². The van der Waals surface area contributed by atoms with E-state index in [0.29, 0.717) is 45.1 Å². The summed E-state index contributed by atoms with van der Waals surface area (Å²) in [6, 6.07) is 5.18. The predicted molar refractivity (Wildman–Crippen MR) is 135 cm³/mol. The van der Waals surface area contributed by atoms with Crippen molar-refractivity contribution in [2.24, 2.45) is 5.73 Å². The molecule has 196 valence electrons. The number of anilines is 1. The summed E-state index contributed by atoms with van der Waals surface area (Å²) in [5.74, 6) is -0.409. The summed E-state index contributed by atoms with van der Waals surface area (Å²) in [6.45, 7) is 8.56. The van der Waals surface area contributed by atoms with E-state index < -0.39 is 15.9 Å². The summed E-state index contributed by atoms with van der Waals surface area (Å²) in [4.78, 5) is 21.2. The molecule has 3 heterocycles. The van der Waals surface area contributed by atoms with E-state index in [4.69, 9.17) is 10.5 Å². The molecule has 12 heteroatoms. The van der Waals surface area contributed by atoms with Crippen LogP contribution < -0.4 is 16.3 Å². The van der Waals surface area contributed by atoms with Gasteiger partial charge in [0.15, 0.2) is 0 Å². The van der Waals surface area contributed by atoms with Gasteiger partial charge >= 0.3 is 0 Å². The van der Waals surface area contributed by atoms with Gasteiger partial charge in [0.25, 0.3) is 5.91 Å². The van der Waals surface area contributed by atoms with E-state index in [1.54, 1.807) is 17.3 Å². The number of nitrogens with two attached hydrogens (primary N) is 1. The molecule has 2 aliphatic heterocycles. The first-order valence-corrected chi connectivity index (χ1v) is 13.6. The number of carbonyl (C=O) groups is 1. The Bertz CT molecular complexity index is 1160. The summed E-state index contributed by atoms with van der Waals surface area (Å²) in [5, 5.41) is 3.57. The van der Waals surface area contributed by atoms with Crippen molar-refractivity contribution in [3.63, 3.8) is 0 Å². The quantitative estimate of drug-likeness (QED) is 0.544. The molecule has 4 rings (SSSR count). The number of aromatic nitrogens is 2. The summed E-state index contributed by atoms with van der Waals surface area (Å²) in [6.07, 6.45) is 5.95. The number of piperidine rings is 1. The highest BCUT2D eigenvalue weighted by atomic mass is 32.2. The Labute approximate surface area is 212 Å². The van der Waals surface area contributed by atoms with Crippen molar-refractivity contribution in [3.05, 3.63) is 48.0 Å². The monoisotopic (exact) mass is 517 g/mol. The molecule has 36 heavy (non-hydrogen) atoms. The van der Waals surface area contributed by atoms with Crippen LogP contribution in [-0.4, -0.2) is 79.0 Å². The summed E-state index contributed by atoms with van der Waals surface area (Å²) in [5.41, 5.74) is 10.5. The van der Waals surface area contributed by atoms with Crippen molar-refractivity contribution in [2.45, 2.75) is 50.0 Å². The summed E-state index contributed by atoms with van der Waals surface area (Å²) < 4.78 is 34.1. The fourth-order valence-corrected chi connectivity index (χ4v) is 5.74. The zero-order chi connectivity index (χ0) is 25.9. The fourth-order valence-electron chi connectivity index (χ4n) is 4.27. The average molecular weight is 518 g/mol. The number of nitrogens with zero attached hydrogens (tertiary/aromatic N) is 5. The van der Waals surface area contributed by atoms with Crippen LogP contribution in [-0.2, 0) is 20.2 Å². The van der Waals surface area contributed by atoms with E-state index in [0.717, 1.165) is 18.4 Å². The molecule has 0 unspecified atom stereocenters. The van der Waals surface area contributed by atoms with Crippen LogP contribution in [0.5, 0.6) is 0 Å². The largest absolute Gasteiger partial charge is 0.379 e. The Morgan fingerprint density at radius 2 is 1.83 bits per heavy atom. The molecule has 1 atom stereocenters. The Balaban J connectivity index is 1.79. The van der Waals surface area contributed by atoms with Gasteiger partial charge in [-0.05, 0) is 42.0 Å². The number of amides is 1. The first-order valence-electron chi connectivity index (χ1n) is 12.2. The third-order valence-electron chi connectivity index (χ3n) is 6.36. The number of ether oxygens (including phenoxy) is 1. The molecule has 2 fully saturated rings. The Morgan fingerprint density at radius 1 is 1.14 bits per heavy atom. The lowest BCUT2D eigenvalue weighted by Gasteiger charge is -2.41. The molecule has 0 aliphatic carbocycles. The maximum absolute atomic E-state index is 13.6. The molecule has 1 amide bonds. The number of hydrogen-bond acceptors (Lipinski definition) is 9. The summed E-state index contributed by atoms with van der Waals surface area (Å²) >= 11 is 0. The SMILES string of the molecule is CC(C)(C)c1cc(N(NC(=O)c2cncnc2)N2CCC[C@H](N)C2)cc(S(=O)(=O)N2CCOCC2)c1. The number of hydrogen-bond donors (Lipinski definition) is 2. The molecular weight excluding hydrogens is 482 g/mol. The number of benzene rings is 1. The van der Waals surface area contributed by atoms with Crippen LogP contribution in [0.25, 0.3) is 0 Å². The van der Waals surface area contributed by atoms with Gasteiger partial charge in [-0.15, -0.1) is 0 Å². The van der Waals surface area contributed by atoms with Crippen molar-refractivity contribution >= 4 is 21.6 Å². The van der Waals surface area contributed by atoms with Gasteiger partial charge in [0.2, 0.25) is 10.0 Å². The van der Waals surface area contributed by atoms with Gasteiger partial charge in [0.05, 0.1) is 29.4 Å². The Morgan fingerprint density at radius 3 is 2.47 bits per heavy atom. The van der Waals surface area contributed by atoms with E-state index in [9.17, 15) is 13.2 Å². The van der Waals surface area contributed by atoms with Gasteiger partial charge in [-0.2, -0.15) is 4.31 Å². The number of morpholine rings is 1. The lowest BCUT2D eigenvalue weighted by Crippen LogP contribution is -2.58. The van der Waals surface area contributed by atoms with Crippen LogP contribution in [0.3, 0.4) is 0 Å². The number of nitrogens with one attached hydrogen (secondary N) is 1. The van der Waals surface area contributed by atoms with Crippen molar-refractivity contribution in [1.82, 2.24) is 24.7 Å². The minimum absolute atomic E-state index is 0.0689. The molecule has 1 aromatic heterocycles. The molecule has 11 nitrogen and oxygen atoms in total. The first kappa shape index (κ1) is 26.4. The molecule has 0 radical (unpaired) electrons. The highest BCUT2D eigenvalue weighted by Crippen LogP contribution is 2.32. The molecule has 2 aliphatic rings. The number of carbonyl (C=O) groups excluding carboxylic acids is 1. The molecule has 1 aromatic carbocycles. The van der Waals surface area contributed by atoms with Crippen molar-refractivity contribution in [1.29, 1.82) is 0 Å². The van der Waals surface area contributed by atoms with Gasteiger partial charge in [-0.3, -0.25) is 4.79 Å². The Kier molecular flexibility index (Phi) is 7.90. The second-order valence-corrected chi connectivity index (χ2v) is 12.1. The minimum atomic E-state index is -3.77. The molecule has 0 bridgehead atoms.